The van der Waals surface area contributed by atoms with E-state index in [9.17, 15) is 8.42 Å². The maximum absolute atomic E-state index is 12.7. The second-order valence-corrected chi connectivity index (χ2v) is 11.4. The first-order valence-corrected chi connectivity index (χ1v) is 12.2. The first-order valence-electron chi connectivity index (χ1n) is 9.13. The van der Waals surface area contributed by atoms with Crippen molar-refractivity contribution >= 4 is 48.9 Å². The highest BCUT2D eigenvalue weighted by atomic mass is 79.9. The van der Waals surface area contributed by atoms with Gasteiger partial charge in [0.05, 0.1) is 3.79 Å². The molecule has 146 valence electrons. The summed E-state index contributed by atoms with van der Waals surface area (Å²) in [7, 11) is -3.42. The van der Waals surface area contributed by atoms with Crippen molar-refractivity contribution in [3.63, 3.8) is 0 Å². The number of sulfonamides is 1. The molecule has 0 N–H and O–H groups in total. The number of piperazine rings is 1. The summed E-state index contributed by atoms with van der Waals surface area (Å²) in [5, 5.41) is 8.78. The third-order valence-electron chi connectivity index (χ3n) is 5.02. The van der Waals surface area contributed by atoms with Crippen LogP contribution in [0, 0.1) is 0 Å². The number of piperidine rings is 1. The molecule has 4 heterocycles. The lowest BCUT2D eigenvalue weighted by Gasteiger charge is -2.34. The third kappa shape index (κ3) is 4.13. The predicted octanol–water partition coefficient (Wildman–Crippen LogP) is 2.80. The van der Waals surface area contributed by atoms with Gasteiger partial charge in [0, 0.05) is 39.3 Å². The second-order valence-electron chi connectivity index (χ2n) is 6.75. The summed E-state index contributed by atoms with van der Waals surface area (Å²) in [6.07, 6.45) is 3.71. The van der Waals surface area contributed by atoms with E-state index in [2.05, 4.69) is 35.9 Å². The van der Waals surface area contributed by atoms with Gasteiger partial charge in [-0.1, -0.05) is 0 Å². The van der Waals surface area contributed by atoms with Crippen molar-refractivity contribution in [2.45, 2.75) is 23.5 Å². The number of hydrogen-bond acceptors (Lipinski definition) is 7. The van der Waals surface area contributed by atoms with Crippen LogP contribution in [0.25, 0.3) is 0 Å². The minimum atomic E-state index is -3.42. The topological polar surface area (TPSA) is 69.6 Å². The van der Waals surface area contributed by atoms with Gasteiger partial charge in [-0.15, -0.1) is 21.5 Å². The molecule has 0 amide bonds. The van der Waals surface area contributed by atoms with Crippen LogP contribution in [0.3, 0.4) is 0 Å². The highest BCUT2D eigenvalue weighted by Crippen LogP contribution is 2.29. The normalized spacial score (nSPS) is 19.4. The van der Waals surface area contributed by atoms with Crippen molar-refractivity contribution in [2.24, 2.45) is 0 Å². The molecule has 2 aromatic heterocycles. The summed E-state index contributed by atoms with van der Waals surface area (Å²) in [6.45, 7) is 4.22. The van der Waals surface area contributed by atoms with E-state index < -0.39 is 10.0 Å². The molecule has 2 fully saturated rings. The Kier molecular flexibility index (Phi) is 5.68. The molecule has 27 heavy (non-hydrogen) atoms. The van der Waals surface area contributed by atoms with Crippen molar-refractivity contribution in [1.29, 1.82) is 0 Å². The lowest BCUT2D eigenvalue weighted by molar-refractivity contribution is 0.384. The van der Waals surface area contributed by atoms with Gasteiger partial charge in [-0.2, -0.15) is 4.31 Å². The van der Waals surface area contributed by atoms with Gasteiger partial charge in [0.25, 0.3) is 10.0 Å². The Morgan fingerprint density at radius 3 is 1.93 bits per heavy atom. The molecule has 0 atom stereocenters. The van der Waals surface area contributed by atoms with Gasteiger partial charge in [-0.3, -0.25) is 0 Å². The number of aromatic nitrogens is 2. The molecular weight excluding hydrogens is 450 g/mol. The minimum Gasteiger partial charge on any atom is -0.355 e. The Hall–Kier alpha value is -1.23. The van der Waals surface area contributed by atoms with Crippen molar-refractivity contribution < 1.29 is 8.42 Å². The minimum absolute atomic E-state index is 0.383. The summed E-state index contributed by atoms with van der Waals surface area (Å²) < 4.78 is 28.2. The van der Waals surface area contributed by atoms with Gasteiger partial charge in [0.1, 0.15) is 4.21 Å². The SMILES string of the molecule is O=S(=O)(c1ccc(Br)s1)N1CCN(c2ccc(N3CCCCC3)nn2)CC1. The van der Waals surface area contributed by atoms with Crippen LogP contribution in [0.1, 0.15) is 19.3 Å². The molecule has 0 radical (unpaired) electrons. The molecular formula is C17H22BrN5O2S2. The van der Waals surface area contributed by atoms with E-state index in [1.165, 1.54) is 30.6 Å². The average molecular weight is 472 g/mol. The molecule has 0 unspecified atom stereocenters. The van der Waals surface area contributed by atoms with Crippen LogP contribution in [-0.2, 0) is 10.0 Å². The summed E-state index contributed by atoms with van der Waals surface area (Å²) in [5.41, 5.74) is 0. The van der Waals surface area contributed by atoms with E-state index in [1.54, 1.807) is 16.4 Å². The van der Waals surface area contributed by atoms with Crippen molar-refractivity contribution in [2.75, 3.05) is 49.1 Å². The smallest absolute Gasteiger partial charge is 0.252 e. The van der Waals surface area contributed by atoms with Crippen LogP contribution >= 0.6 is 27.3 Å². The Morgan fingerprint density at radius 2 is 1.41 bits per heavy atom. The number of anilines is 2. The van der Waals surface area contributed by atoms with Crippen molar-refractivity contribution in [1.82, 2.24) is 14.5 Å². The monoisotopic (exact) mass is 471 g/mol. The Labute approximate surface area is 172 Å². The number of thiophene rings is 1. The maximum atomic E-state index is 12.7. The highest BCUT2D eigenvalue weighted by Gasteiger charge is 2.30. The zero-order valence-corrected chi connectivity index (χ0v) is 18.1. The molecule has 0 spiro atoms. The fourth-order valence-electron chi connectivity index (χ4n) is 3.50. The summed E-state index contributed by atoms with van der Waals surface area (Å²) >= 11 is 4.58. The summed E-state index contributed by atoms with van der Waals surface area (Å²) in [6, 6.07) is 7.45. The van der Waals surface area contributed by atoms with Gasteiger partial charge < -0.3 is 9.80 Å². The van der Waals surface area contributed by atoms with Gasteiger partial charge in [-0.25, -0.2) is 8.42 Å². The zero-order chi connectivity index (χ0) is 18.9. The number of nitrogens with zero attached hydrogens (tertiary/aromatic N) is 5. The molecule has 2 saturated heterocycles. The molecule has 10 heteroatoms. The largest absolute Gasteiger partial charge is 0.355 e. The predicted molar refractivity (Wildman–Crippen MR) is 111 cm³/mol. The van der Waals surface area contributed by atoms with Crippen LogP contribution in [0.2, 0.25) is 0 Å². The number of hydrogen-bond donors (Lipinski definition) is 0. The molecule has 0 saturated carbocycles. The van der Waals surface area contributed by atoms with E-state index in [1.807, 2.05) is 12.1 Å². The fourth-order valence-corrected chi connectivity index (χ4v) is 7.09. The Morgan fingerprint density at radius 1 is 0.815 bits per heavy atom. The number of halogens is 1. The molecule has 0 aromatic carbocycles. The molecule has 0 bridgehead atoms. The van der Waals surface area contributed by atoms with Crippen LogP contribution in [0.5, 0.6) is 0 Å². The molecule has 4 rings (SSSR count). The first kappa shape index (κ1) is 19.1. The molecule has 2 aromatic rings. The summed E-state index contributed by atoms with van der Waals surface area (Å²) in [5.74, 6) is 1.75. The van der Waals surface area contributed by atoms with Crippen LogP contribution < -0.4 is 9.80 Å². The highest BCUT2D eigenvalue weighted by molar-refractivity contribution is 9.11. The van der Waals surface area contributed by atoms with Gasteiger partial charge in [0.2, 0.25) is 0 Å². The third-order valence-corrected chi connectivity index (χ3v) is 9.01. The quantitative estimate of drug-likeness (QED) is 0.682. The molecule has 2 aliphatic rings. The van der Waals surface area contributed by atoms with E-state index in [0.29, 0.717) is 30.4 Å². The maximum Gasteiger partial charge on any atom is 0.252 e. The fraction of sp³-hybridized carbons (Fsp3) is 0.529. The lowest BCUT2D eigenvalue weighted by atomic mass is 10.1. The Balaban J connectivity index is 1.39. The van der Waals surface area contributed by atoms with Crippen molar-refractivity contribution in [3.05, 3.63) is 28.1 Å². The van der Waals surface area contributed by atoms with Crippen LogP contribution in [0.4, 0.5) is 11.6 Å². The van der Waals surface area contributed by atoms with E-state index in [0.717, 1.165) is 28.5 Å². The second kappa shape index (κ2) is 8.02. The van der Waals surface area contributed by atoms with E-state index in [-0.39, 0.29) is 0 Å². The van der Waals surface area contributed by atoms with Gasteiger partial charge in [0.15, 0.2) is 11.6 Å². The van der Waals surface area contributed by atoms with Gasteiger partial charge in [-0.05, 0) is 59.5 Å². The first-order chi connectivity index (χ1) is 13.0. The van der Waals surface area contributed by atoms with Crippen molar-refractivity contribution in [3.8, 4) is 0 Å². The lowest BCUT2D eigenvalue weighted by Crippen LogP contribution is -2.48. The molecule has 2 aliphatic heterocycles. The molecule has 7 nitrogen and oxygen atoms in total. The van der Waals surface area contributed by atoms with Gasteiger partial charge >= 0.3 is 0 Å². The van der Waals surface area contributed by atoms with Crippen LogP contribution in [-0.4, -0.2) is 62.2 Å². The number of rotatable bonds is 4. The summed E-state index contributed by atoms with van der Waals surface area (Å²) in [4.78, 5) is 4.38. The Bertz CT molecular complexity index is 873. The standard InChI is InChI=1S/C17H22BrN5O2S2/c18-14-4-7-17(26-14)27(24,25)23-12-10-22(11-13-23)16-6-5-15(19-20-16)21-8-2-1-3-9-21/h4-7H,1-3,8-13H2. The van der Waals surface area contributed by atoms with Crippen LogP contribution in [0.15, 0.2) is 32.3 Å². The zero-order valence-electron chi connectivity index (χ0n) is 14.9. The van der Waals surface area contributed by atoms with E-state index >= 15 is 0 Å². The average Bonchev–Trinajstić information content (AvgIpc) is 3.16. The van der Waals surface area contributed by atoms with E-state index in [4.69, 9.17) is 0 Å². The molecule has 0 aliphatic carbocycles.